The smallest absolute Gasteiger partial charge is 0.138 e. The lowest BCUT2D eigenvalue weighted by Crippen LogP contribution is -2.10. The van der Waals surface area contributed by atoms with Crippen LogP contribution in [0.2, 0.25) is 0 Å². The van der Waals surface area contributed by atoms with Gasteiger partial charge in [0.15, 0.2) is 0 Å². The molecule has 0 unspecified atom stereocenters. The summed E-state index contributed by atoms with van der Waals surface area (Å²) >= 11 is 0. The number of hydrogen-bond acceptors (Lipinski definition) is 2. The van der Waals surface area contributed by atoms with Crippen molar-refractivity contribution >= 4 is 27.8 Å². The second-order valence-corrected chi connectivity index (χ2v) is 9.77. The van der Waals surface area contributed by atoms with Crippen molar-refractivity contribution in [1.29, 1.82) is 0 Å². The molecule has 0 N–H and O–H groups in total. The number of rotatable bonds is 6. The Kier molecular flexibility index (Phi) is 2.59. The standard InChI is InChI=1S/C46H31NO/c1-4-11-32(12-5-1)35-19-24-39(25-20-35)47(40-26-21-36(22-27-40)33-13-6-2-7-14-33)41-29-38-17-10-18-42-43-30-37(34-15-8-3-9-16-34)23-28-44(43)48-45(31-41)46(38)42/h1-31H/i1D,2D,3D,4D,5D,6D,7D,8D,9D,10D,11D,12D,13D,14D,15D,16D,17D,18D,19D,20D,21D,22D,23D,24D,25D,26D,27D,28D,29D,30D,31D. The van der Waals surface area contributed by atoms with E-state index in [9.17, 15) is 19.2 Å². The zero-order valence-corrected chi connectivity index (χ0v) is 23.9. The van der Waals surface area contributed by atoms with Crippen LogP contribution in [0.3, 0.4) is 0 Å². The summed E-state index contributed by atoms with van der Waals surface area (Å²) in [6.45, 7) is 0. The molecule has 9 rings (SSSR count). The summed E-state index contributed by atoms with van der Waals surface area (Å²) in [6.07, 6.45) is 0. The summed E-state index contributed by atoms with van der Waals surface area (Å²) in [5.41, 5.74) is -9.64. The van der Waals surface area contributed by atoms with Gasteiger partial charge in [-0.15, -0.1) is 0 Å². The molecule has 0 amide bonds. The second kappa shape index (κ2) is 11.8. The first-order valence-electron chi connectivity index (χ1n) is 29.3. The molecule has 2 heteroatoms. The molecule has 0 fully saturated rings. The molecule has 0 radical (unpaired) electrons. The Hall–Kier alpha value is -6.38. The topological polar surface area (TPSA) is 12.5 Å². The van der Waals surface area contributed by atoms with E-state index in [0.717, 1.165) is 0 Å². The average Bonchev–Trinajstić information content (AvgIpc) is 3.19. The second-order valence-electron chi connectivity index (χ2n) is 9.77. The third-order valence-electron chi connectivity index (χ3n) is 6.95. The Labute approximate surface area is 324 Å². The van der Waals surface area contributed by atoms with Crippen LogP contribution in [-0.4, -0.2) is 0 Å². The highest BCUT2D eigenvalue weighted by Crippen LogP contribution is 2.50. The molecular weight excluding hydrogens is 583 g/mol. The van der Waals surface area contributed by atoms with Gasteiger partial charge in [0.05, 0.1) is 48.2 Å². The van der Waals surface area contributed by atoms with Crippen LogP contribution in [0.25, 0.3) is 55.3 Å². The summed E-state index contributed by atoms with van der Waals surface area (Å²) in [6, 6.07) is -32.0. The lowest BCUT2D eigenvalue weighted by molar-refractivity contribution is 0.487. The quantitative estimate of drug-likeness (QED) is 0.179. The Morgan fingerprint density at radius 3 is 1.42 bits per heavy atom. The van der Waals surface area contributed by atoms with Crippen LogP contribution >= 0.6 is 0 Å². The van der Waals surface area contributed by atoms with Gasteiger partial charge in [-0.05, 0) is 86.6 Å². The van der Waals surface area contributed by atoms with Gasteiger partial charge in [0, 0.05) is 28.4 Å². The Balaban J connectivity index is 1.47. The van der Waals surface area contributed by atoms with E-state index in [2.05, 4.69) is 0 Å². The van der Waals surface area contributed by atoms with E-state index in [1.807, 2.05) is 0 Å². The Morgan fingerprint density at radius 1 is 0.354 bits per heavy atom. The molecule has 0 saturated heterocycles. The van der Waals surface area contributed by atoms with Crippen molar-refractivity contribution in [1.82, 2.24) is 0 Å². The van der Waals surface area contributed by atoms with Crippen molar-refractivity contribution in [2.75, 3.05) is 4.90 Å². The Morgan fingerprint density at radius 2 is 0.854 bits per heavy atom. The van der Waals surface area contributed by atoms with E-state index in [1.165, 1.54) is 0 Å². The summed E-state index contributed by atoms with van der Waals surface area (Å²) < 4.78 is 282. The van der Waals surface area contributed by atoms with Crippen LogP contribution in [-0.2, 0) is 0 Å². The van der Waals surface area contributed by atoms with Crippen LogP contribution < -0.4 is 9.64 Å². The molecule has 0 saturated carbocycles. The molecule has 8 aromatic rings. The fourth-order valence-corrected chi connectivity index (χ4v) is 4.84. The first-order valence-corrected chi connectivity index (χ1v) is 13.8. The van der Waals surface area contributed by atoms with Gasteiger partial charge in [0.25, 0.3) is 0 Å². The first-order chi connectivity index (χ1) is 36.7. The highest BCUT2D eigenvalue weighted by molar-refractivity contribution is 6.06. The van der Waals surface area contributed by atoms with E-state index < -0.39 is 271 Å². The van der Waals surface area contributed by atoms with Crippen LogP contribution in [0.1, 0.15) is 42.5 Å². The van der Waals surface area contributed by atoms with E-state index >= 15 is 0 Å². The zero-order valence-electron chi connectivity index (χ0n) is 54.9. The molecule has 0 spiro atoms. The van der Waals surface area contributed by atoms with Gasteiger partial charge in [0.2, 0.25) is 0 Å². The fourth-order valence-electron chi connectivity index (χ4n) is 4.84. The molecular formula is C46H31NO. The number of ether oxygens (including phenoxy) is 1. The third-order valence-corrected chi connectivity index (χ3v) is 6.95. The van der Waals surface area contributed by atoms with E-state index in [1.54, 1.807) is 0 Å². The SMILES string of the molecule is [2H]c1c([2H])c([2H])c(-c2c([2H])c([2H])c(N(c3c([2H])c([2H])c(-c4c([2H])c([2H])c([2H])c([2H])c4[2H])c([2H])c3[2H])c3c([2H])c4c5c(c([2H])c([2H])c([2H])c5c3[2H])-c3c([2H])c(-c5c([2H])c([2H])c([2H])c([2H])c5[2H])c([2H])c([2H])c3O4)c([2H])c2[2H])c([2H])c1[2H]. The molecule has 0 bridgehead atoms. The molecule has 226 valence electrons. The van der Waals surface area contributed by atoms with Crippen molar-refractivity contribution in [3.8, 4) is 56.0 Å². The average molecular weight is 645 g/mol. The maximum Gasteiger partial charge on any atom is 0.138 e. The normalized spacial score (nSPS) is 20.5. The minimum absolute atomic E-state index is 0.338. The first kappa shape index (κ1) is 10.6. The summed E-state index contributed by atoms with van der Waals surface area (Å²) in [5, 5.41) is -1.41. The number of hydrogen-bond donors (Lipinski definition) is 0. The van der Waals surface area contributed by atoms with Gasteiger partial charge in [-0.2, -0.15) is 0 Å². The van der Waals surface area contributed by atoms with Gasteiger partial charge in [-0.3, -0.25) is 0 Å². The lowest BCUT2D eigenvalue weighted by Gasteiger charge is -2.29. The molecule has 1 heterocycles. The van der Waals surface area contributed by atoms with Crippen molar-refractivity contribution in [2.45, 2.75) is 0 Å². The summed E-state index contributed by atoms with van der Waals surface area (Å²) in [7, 11) is 0. The number of anilines is 3. The predicted octanol–water partition coefficient (Wildman–Crippen LogP) is 13.1. The molecule has 2 nitrogen and oxygen atoms in total. The predicted molar refractivity (Wildman–Crippen MR) is 200 cm³/mol. The molecule has 0 atom stereocenters. The minimum atomic E-state index is -1.27. The molecule has 8 aromatic carbocycles. The van der Waals surface area contributed by atoms with Gasteiger partial charge < -0.3 is 9.64 Å². The number of nitrogens with zero attached hydrogens (tertiary/aromatic N) is 1. The molecule has 1 aliphatic heterocycles. The van der Waals surface area contributed by atoms with Gasteiger partial charge in [-0.1, -0.05) is 139 Å². The van der Waals surface area contributed by atoms with Crippen LogP contribution in [0, 0.1) is 0 Å². The minimum Gasteiger partial charge on any atom is -0.456 e. The van der Waals surface area contributed by atoms with Crippen molar-refractivity contribution in [2.24, 2.45) is 0 Å². The largest absolute Gasteiger partial charge is 0.456 e. The highest BCUT2D eigenvalue weighted by Gasteiger charge is 2.23. The molecule has 0 aliphatic carbocycles. The van der Waals surface area contributed by atoms with Gasteiger partial charge in [-0.25, -0.2) is 0 Å². The van der Waals surface area contributed by atoms with Crippen molar-refractivity contribution in [3.05, 3.63) is 187 Å². The maximum atomic E-state index is 9.87. The highest BCUT2D eigenvalue weighted by atomic mass is 16.5. The van der Waals surface area contributed by atoms with Gasteiger partial charge in [0.1, 0.15) is 11.5 Å². The van der Waals surface area contributed by atoms with Crippen molar-refractivity contribution in [3.63, 3.8) is 0 Å². The Bertz CT molecular complexity index is 3910. The molecule has 1 aliphatic rings. The summed E-state index contributed by atoms with van der Waals surface area (Å²) in [4.78, 5) is 0.338. The van der Waals surface area contributed by atoms with Crippen molar-refractivity contribution < 1.29 is 47.2 Å². The number of benzene rings is 8. The third kappa shape index (κ3) is 5.01. The molecule has 48 heavy (non-hydrogen) atoms. The number of fused-ring (bicyclic) bond motifs is 2. The molecule has 0 aromatic heterocycles. The van der Waals surface area contributed by atoms with E-state index in [0.29, 0.717) is 4.90 Å². The summed E-state index contributed by atoms with van der Waals surface area (Å²) in [5.74, 6) is -1.73. The van der Waals surface area contributed by atoms with Gasteiger partial charge >= 0.3 is 0 Å². The monoisotopic (exact) mass is 644 g/mol. The maximum absolute atomic E-state index is 9.87. The van der Waals surface area contributed by atoms with Crippen LogP contribution in [0.4, 0.5) is 17.1 Å². The zero-order chi connectivity index (χ0) is 58.8. The lowest BCUT2D eigenvalue weighted by atomic mass is 9.92. The van der Waals surface area contributed by atoms with Crippen LogP contribution in [0.15, 0.2) is 187 Å². The van der Waals surface area contributed by atoms with E-state index in [-0.39, 0.29) is 0 Å². The van der Waals surface area contributed by atoms with E-state index in [4.69, 9.17) is 28.0 Å². The van der Waals surface area contributed by atoms with Crippen LogP contribution in [0.5, 0.6) is 11.5 Å². The fraction of sp³-hybridized carbons (Fsp3) is 0.